The lowest BCUT2D eigenvalue weighted by Crippen LogP contribution is -1.85. The highest BCUT2D eigenvalue weighted by molar-refractivity contribution is 5.86. The zero-order chi connectivity index (χ0) is 39.9. The molecule has 312 valence electrons. The number of benzene rings is 8. The van der Waals surface area contributed by atoms with Gasteiger partial charge in [-0.1, -0.05) is 97.1 Å². The summed E-state index contributed by atoms with van der Waals surface area (Å²) in [6.45, 7) is 0. The van der Waals surface area contributed by atoms with Crippen molar-refractivity contribution < 1.29 is 0 Å². The van der Waals surface area contributed by atoms with Crippen molar-refractivity contribution in [3.8, 4) is 44.5 Å². The van der Waals surface area contributed by atoms with Crippen molar-refractivity contribution in [1.82, 2.24) is 0 Å². The summed E-state index contributed by atoms with van der Waals surface area (Å²) in [4.78, 5) is 0. The predicted molar refractivity (Wildman–Crippen MR) is 272 cm³/mol. The molecule has 0 fully saturated rings. The maximum absolute atomic E-state index is 5.61. The number of rotatable bonds is 4. The Morgan fingerprint density at radius 1 is 0.133 bits per heavy atom. The van der Waals surface area contributed by atoms with Crippen LogP contribution in [0.1, 0.15) is 0 Å². The highest BCUT2D eigenvalue weighted by atomic mass is 35.5. The highest BCUT2D eigenvalue weighted by Crippen LogP contribution is 2.24. The fraction of sp³-hybridized carbons (Fsp3) is 0. The lowest BCUT2D eigenvalue weighted by Gasteiger charge is -2.02. The van der Waals surface area contributed by atoms with E-state index in [2.05, 4.69) is 0 Å². The average Bonchev–Trinajstić information content (AvgIpc) is 3.21. The Bertz CT molecular complexity index is 1860. The molecule has 0 aliphatic rings. The van der Waals surface area contributed by atoms with Crippen molar-refractivity contribution in [1.29, 1.82) is 0 Å². The topological polar surface area (TPSA) is 208 Å². The molecular weight excluding hydrogens is 830 g/mol. The zero-order valence-electron chi connectivity index (χ0n) is 32.7. The van der Waals surface area contributed by atoms with Gasteiger partial charge in [-0.2, -0.15) is 0 Å². The fourth-order valence-electron chi connectivity index (χ4n) is 5.40. The highest BCUT2D eigenvalue weighted by Gasteiger charge is 1.99. The number of hydrogen-bond acceptors (Lipinski definition) is 8. The molecule has 8 aromatic rings. The van der Waals surface area contributed by atoms with Gasteiger partial charge in [0, 0.05) is 45.5 Å². The molecule has 0 bridgehead atoms. The lowest BCUT2D eigenvalue weighted by atomic mass is 10.1. The second kappa shape index (κ2) is 25.6. The van der Waals surface area contributed by atoms with Gasteiger partial charge in [-0.3, -0.25) is 0 Å². The van der Waals surface area contributed by atoms with Gasteiger partial charge in [0.2, 0.25) is 0 Å². The molecule has 0 heterocycles. The van der Waals surface area contributed by atoms with Gasteiger partial charge in [-0.15, -0.1) is 49.6 Å². The van der Waals surface area contributed by atoms with E-state index in [9.17, 15) is 0 Å². The summed E-state index contributed by atoms with van der Waals surface area (Å²) in [7, 11) is 0. The Balaban J connectivity index is 0.000000391. The summed E-state index contributed by atoms with van der Waals surface area (Å²) in [5, 5.41) is 0. The maximum Gasteiger partial charge on any atom is 0.0314 e. The second-order valence-electron chi connectivity index (χ2n) is 13.0. The lowest BCUT2D eigenvalue weighted by molar-refractivity contribution is 1.61. The first kappa shape index (κ1) is 51.3. The Morgan fingerprint density at radius 2 is 0.200 bits per heavy atom. The summed E-state index contributed by atoms with van der Waals surface area (Å²) < 4.78 is 0. The van der Waals surface area contributed by atoms with Crippen LogP contribution in [0.2, 0.25) is 0 Å². The van der Waals surface area contributed by atoms with Crippen LogP contribution in [0.5, 0.6) is 0 Å². The van der Waals surface area contributed by atoms with Crippen LogP contribution in [-0.2, 0) is 0 Å². The smallest absolute Gasteiger partial charge is 0.0314 e. The molecule has 16 N–H and O–H groups in total. The largest absolute Gasteiger partial charge is 0.399 e. The first-order valence-electron chi connectivity index (χ1n) is 17.9. The first-order chi connectivity index (χ1) is 27.0. The molecule has 0 unspecified atom stereocenters. The second-order valence-corrected chi connectivity index (χ2v) is 13.0. The molecule has 12 heteroatoms. The molecule has 0 radical (unpaired) electrons. The van der Waals surface area contributed by atoms with Crippen molar-refractivity contribution >= 4 is 95.1 Å². The standard InChI is InChI=1S/4C12H12N2.4ClH/c4*13-11-5-1-9(2-6-11)10-3-7-12(14)8-4-10;;;;/h4*1-8H,13-14H2;4*1H. The van der Waals surface area contributed by atoms with Crippen LogP contribution in [0.15, 0.2) is 194 Å². The van der Waals surface area contributed by atoms with E-state index in [-0.39, 0.29) is 49.6 Å². The van der Waals surface area contributed by atoms with Crippen LogP contribution in [0.3, 0.4) is 0 Å². The molecular formula is C48H52Cl4N8. The number of nitrogens with two attached hydrogens (primary N) is 8. The summed E-state index contributed by atoms with van der Waals surface area (Å²) in [5.74, 6) is 0. The molecule has 0 spiro atoms. The minimum absolute atomic E-state index is 0. The quantitative estimate of drug-likeness (QED) is 0.0796. The van der Waals surface area contributed by atoms with Gasteiger partial charge >= 0.3 is 0 Å². The van der Waals surface area contributed by atoms with Crippen molar-refractivity contribution in [3.05, 3.63) is 194 Å². The minimum atomic E-state index is 0. The van der Waals surface area contributed by atoms with Crippen LogP contribution < -0.4 is 45.9 Å². The molecule has 8 rings (SSSR count). The molecule has 60 heavy (non-hydrogen) atoms. The zero-order valence-corrected chi connectivity index (χ0v) is 36.0. The third kappa shape index (κ3) is 16.3. The Hall–Kier alpha value is -6.68. The van der Waals surface area contributed by atoms with Crippen LogP contribution in [0, 0.1) is 0 Å². The van der Waals surface area contributed by atoms with Crippen molar-refractivity contribution in [2.24, 2.45) is 0 Å². The predicted octanol–water partition coefficient (Wildman–Crippen LogP) is 11.8. The van der Waals surface area contributed by atoms with E-state index in [1.807, 2.05) is 194 Å². The molecule has 0 atom stereocenters. The molecule has 0 aromatic heterocycles. The van der Waals surface area contributed by atoms with E-state index in [1.165, 1.54) is 0 Å². The summed E-state index contributed by atoms with van der Waals surface area (Å²) in [5.41, 5.74) is 60.3. The van der Waals surface area contributed by atoms with Gasteiger partial charge in [0.15, 0.2) is 0 Å². The van der Waals surface area contributed by atoms with E-state index < -0.39 is 0 Å². The monoisotopic (exact) mass is 880 g/mol. The maximum atomic E-state index is 5.61. The van der Waals surface area contributed by atoms with Crippen LogP contribution in [0.25, 0.3) is 44.5 Å². The summed E-state index contributed by atoms with van der Waals surface area (Å²) in [6.07, 6.45) is 0. The van der Waals surface area contributed by atoms with Crippen molar-refractivity contribution in [2.45, 2.75) is 0 Å². The SMILES string of the molecule is Cl.Cl.Cl.Cl.Nc1ccc(-c2ccc(N)cc2)cc1.Nc1ccc(-c2ccc(N)cc2)cc1.Nc1ccc(-c2ccc(N)cc2)cc1.Nc1ccc(-c2ccc(N)cc2)cc1. The molecule has 0 aliphatic carbocycles. The Morgan fingerprint density at radius 3 is 0.267 bits per heavy atom. The normalized spacial score (nSPS) is 9.33. The van der Waals surface area contributed by atoms with Crippen LogP contribution in [-0.4, -0.2) is 0 Å². The molecule has 0 aliphatic heterocycles. The van der Waals surface area contributed by atoms with E-state index in [1.54, 1.807) is 0 Å². The number of halogens is 4. The summed E-state index contributed by atoms with van der Waals surface area (Å²) in [6, 6.07) is 62.3. The molecule has 8 aromatic carbocycles. The average molecular weight is 883 g/mol. The van der Waals surface area contributed by atoms with Crippen LogP contribution in [0.4, 0.5) is 45.5 Å². The summed E-state index contributed by atoms with van der Waals surface area (Å²) >= 11 is 0. The van der Waals surface area contributed by atoms with E-state index in [0.717, 1.165) is 90.0 Å². The van der Waals surface area contributed by atoms with E-state index in [4.69, 9.17) is 45.9 Å². The Labute approximate surface area is 377 Å². The minimum Gasteiger partial charge on any atom is -0.399 e. The van der Waals surface area contributed by atoms with E-state index >= 15 is 0 Å². The van der Waals surface area contributed by atoms with Crippen LogP contribution >= 0.6 is 49.6 Å². The molecule has 8 nitrogen and oxygen atoms in total. The van der Waals surface area contributed by atoms with Gasteiger partial charge in [0.25, 0.3) is 0 Å². The Kier molecular flexibility index (Phi) is 21.9. The van der Waals surface area contributed by atoms with Gasteiger partial charge < -0.3 is 45.9 Å². The van der Waals surface area contributed by atoms with Gasteiger partial charge in [-0.25, -0.2) is 0 Å². The molecule has 0 amide bonds. The van der Waals surface area contributed by atoms with Crippen molar-refractivity contribution in [3.63, 3.8) is 0 Å². The van der Waals surface area contributed by atoms with Gasteiger partial charge in [-0.05, 0) is 142 Å². The molecule has 0 saturated heterocycles. The van der Waals surface area contributed by atoms with Gasteiger partial charge in [0.1, 0.15) is 0 Å². The first-order valence-corrected chi connectivity index (χ1v) is 17.9. The van der Waals surface area contributed by atoms with Gasteiger partial charge in [0.05, 0.1) is 0 Å². The molecule has 0 saturated carbocycles. The van der Waals surface area contributed by atoms with Crippen molar-refractivity contribution in [2.75, 3.05) is 45.9 Å². The van der Waals surface area contributed by atoms with E-state index in [0.29, 0.717) is 0 Å². The third-order valence-corrected chi connectivity index (χ3v) is 8.62. The number of anilines is 8. The third-order valence-electron chi connectivity index (χ3n) is 8.62. The number of hydrogen-bond donors (Lipinski definition) is 8. The number of nitrogen functional groups attached to an aromatic ring is 8. The fourth-order valence-corrected chi connectivity index (χ4v) is 5.40.